The minimum atomic E-state index is -0.558. The monoisotopic (exact) mass is 276 g/mol. The summed E-state index contributed by atoms with van der Waals surface area (Å²) in [6, 6.07) is 4.40. The van der Waals surface area contributed by atoms with Crippen LogP contribution in [0, 0.1) is 22.9 Å². The van der Waals surface area contributed by atoms with E-state index in [4.69, 9.17) is 0 Å². The first kappa shape index (κ1) is 13.9. The molecule has 0 radical (unpaired) electrons. The number of hydrogen-bond donors (Lipinski definition) is 1. The third kappa shape index (κ3) is 2.42. The van der Waals surface area contributed by atoms with E-state index in [0.717, 1.165) is 0 Å². The number of hydrogen-bond acceptors (Lipinski definition) is 5. The van der Waals surface area contributed by atoms with E-state index >= 15 is 0 Å². The normalized spacial score (nSPS) is 10.3. The first-order valence-electron chi connectivity index (χ1n) is 6.05. The molecule has 2 rings (SSSR count). The number of aromatic nitrogens is 2. The molecule has 1 aromatic carbocycles. The second-order valence-corrected chi connectivity index (χ2v) is 4.12. The fraction of sp³-hybridized carbons (Fsp3) is 0.231. The molecule has 0 bridgehead atoms. The first-order chi connectivity index (χ1) is 9.56. The fourth-order valence-electron chi connectivity index (χ4n) is 1.91. The average Bonchev–Trinajstić information content (AvgIpc) is 2.42. The minimum absolute atomic E-state index is 0.109. The van der Waals surface area contributed by atoms with Gasteiger partial charge in [0.25, 0.3) is 0 Å². The summed E-state index contributed by atoms with van der Waals surface area (Å²) >= 11 is 0. The van der Waals surface area contributed by atoms with E-state index in [2.05, 4.69) is 15.3 Å². The Bertz CT molecular complexity index is 661. The molecule has 6 nitrogen and oxygen atoms in total. The Kier molecular flexibility index (Phi) is 3.88. The Morgan fingerprint density at radius 2 is 2.15 bits per heavy atom. The van der Waals surface area contributed by atoms with Crippen LogP contribution in [0.25, 0.3) is 11.3 Å². The molecule has 0 saturated carbocycles. The molecular formula is C13H13FN4O2. The molecule has 0 saturated heterocycles. The van der Waals surface area contributed by atoms with Gasteiger partial charge in [0.1, 0.15) is 12.1 Å². The van der Waals surface area contributed by atoms with Crippen molar-refractivity contribution in [2.24, 2.45) is 0 Å². The van der Waals surface area contributed by atoms with Crippen LogP contribution in [0.4, 0.5) is 15.9 Å². The topological polar surface area (TPSA) is 81.0 Å². The van der Waals surface area contributed by atoms with Gasteiger partial charge in [0.05, 0.1) is 4.92 Å². The summed E-state index contributed by atoms with van der Waals surface area (Å²) in [5.41, 5.74) is 0.566. The van der Waals surface area contributed by atoms with Gasteiger partial charge < -0.3 is 5.32 Å². The number of anilines is 1. The van der Waals surface area contributed by atoms with Crippen LogP contribution >= 0.6 is 0 Å². The number of nitrogens with one attached hydrogen (secondary N) is 1. The lowest BCUT2D eigenvalue weighted by Gasteiger charge is -2.09. The molecule has 0 amide bonds. The second-order valence-electron chi connectivity index (χ2n) is 4.12. The van der Waals surface area contributed by atoms with Crippen LogP contribution < -0.4 is 5.32 Å². The van der Waals surface area contributed by atoms with Crippen molar-refractivity contribution in [1.29, 1.82) is 0 Å². The third-order valence-electron chi connectivity index (χ3n) is 2.87. The van der Waals surface area contributed by atoms with Gasteiger partial charge in [-0.1, -0.05) is 12.1 Å². The highest BCUT2D eigenvalue weighted by molar-refractivity contribution is 5.78. The molecule has 20 heavy (non-hydrogen) atoms. The summed E-state index contributed by atoms with van der Waals surface area (Å²) in [4.78, 5) is 18.5. The highest BCUT2D eigenvalue weighted by Gasteiger charge is 2.25. The van der Waals surface area contributed by atoms with Crippen molar-refractivity contribution in [2.45, 2.75) is 13.8 Å². The van der Waals surface area contributed by atoms with Crippen molar-refractivity contribution in [2.75, 3.05) is 11.9 Å². The third-order valence-corrected chi connectivity index (χ3v) is 2.87. The van der Waals surface area contributed by atoms with Gasteiger partial charge >= 0.3 is 5.69 Å². The van der Waals surface area contributed by atoms with Crippen molar-refractivity contribution < 1.29 is 9.31 Å². The van der Waals surface area contributed by atoms with Crippen LogP contribution in [0.5, 0.6) is 0 Å². The Hall–Kier alpha value is -2.57. The summed E-state index contributed by atoms with van der Waals surface area (Å²) in [5.74, 6) is -0.299. The molecule has 0 fully saturated rings. The summed E-state index contributed by atoms with van der Waals surface area (Å²) in [6.07, 6.45) is 1.23. The largest absolute Gasteiger partial charge is 0.365 e. The van der Waals surface area contributed by atoms with E-state index in [1.165, 1.54) is 18.5 Å². The van der Waals surface area contributed by atoms with Gasteiger partial charge in [0.15, 0.2) is 5.69 Å². The van der Waals surface area contributed by atoms with Gasteiger partial charge in [-0.3, -0.25) is 10.1 Å². The predicted molar refractivity (Wildman–Crippen MR) is 73.0 cm³/mol. The number of nitrogens with zero attached hydrogens (tertiary/aromatic N) is 3. The lowest BCUT2D eigenvalue weighted by Crippen LogP contribution is -2.06. The zero-order chi connectivity index (χ0) is 14.7. The van der Waals surface area contributed by atoms with Crippen LogP contribution in [0.2, 0.25) is 0 Å². The molecule has 0 aliphatic rings. The summed E-state index contributed by atoms with van der Waals surface area (Å²) in [6.45, 7) is 3.85. The molecule has 0 aliphatic carbocycles. The lowest BCUT2D eigenvalue weighted by molar-refractivity contribution is -0.383. The smallest absolute Gasteiger partial charge is 0.337 e. The van der Waals surface area contributed by atoms with E-state index in [1.807, 2.05) is 0 Å². The van der Waals surface area contributed by atoms with Crippen LogP contribution in [0.3, 0.4) is 0 Å². The van der Waals surface area contributed by atoms with Gasteiger partial charge in [-0.05, 0) is 25.5 Å². The number of benzene rings is 1. The van der Waals surface area contributed by atoms with E-state index < -0.39 is 10.7 Å². The minimum Gasteiger partial charge on any atom is -0.365 e. The predicted octanol–water partition coefficient (Wildman–Crippen LogP) is 2.93. The van der Waals surface area contributed by atoms with Gasteiger partial charge in [0.2, 0.25) is 5.82 Å². The molecule has 7 heteroatoms. The van der Waals surface area contributed by atoms with E-state index in [9.17, 15) is 14.5 Å². The van der Waals surface area contributed by atoms with Crippen molar-refractivity contribution in [3.63, 3.8) is 0 Å². The molecule has 1 heterocycles. The summed E-state index contributed by atoms with van der Waals surface area (Å²) in [5, 5.41) is 14.1. The van der Waals surface area contributed by atoms with Crippen LogP contribution in [0.15, 0.2) is 24.5 Å². The summed E-state index contributed by atoms with van der Waals surface area (Å²) in [7, 11) is 0. The van der Waals surface area contributed by atoms with Crippen LogP contribution in [-0.4, -0.2) is 21.4 Å². The van der Waals surface area contributed by atoms with Crippen LogP contribution in [-0.2, 0) is 0 Å². The molecule has 0 spiro atoms. The van der Waals surface area contributed by atoms with Crippen LogP contribution in [0.1, 0.15) is 12.5 Å². The maximum atomic E-state index is 13.6. The molecule has 1 N–H and O–H groups in total. The van der Waals surface area contributed by atoms with E-state index in [0.29, 0.717) is 17.7 Å². The Morgan fingerprint density at radius 1 is 1.40 bits per heavy atom. The zero-order valence-corrected chi connectivity index (χ0v) is 11.1. The Labute approximate surface area is 114 Å². The highest BCUT2D eigenvalue weighted by atomic mass is 19.1. The maximum Gasteiger partial charge on any atom is 0.337 e. The van der Waals surface area contributed by atoms with Gasteiger partial charge in [-0.25, -0.2) is 14.4 Å². The van der Waals surface area contributed by atoms with Crippen molar-refractivity contribution >= 4 is 11.5 Å². The molecular weight excluding hydrogens is 263 g/mol. The molecule has 0 aliphatic heterocycles. The number of rotatable bonds is 4. The Morgan fingerprint density at radius 3 is 2.80 bits per heavy atom. The first-order valence-corrected chi connectivity index (χ1v) is 6.05. The van der Waals surface area contributed by atoms with Gasteiger partial charge in [0, 0.05) is 12.1 Å². The fourth-order valence-corrected chi connectivity index (χ4v) is 1.91. The van der Waals surface area contributed by atoms with Gasteiger partial charge in [-0.2, -0.15) is 0 Å². The molecule has 0 unspecified atom stereocenters. The molecule has 104 valence electrons. The molecule has 0 atom stereocenters. The standard InChI is InChI=1S/C13H13FN4O2/c1-3-15-13-12(18(19)20)11(16-7-17-13)9-5-4-6-10(14)8(9)2/h4-7H,3H2,1-2H3,(H,15,16,17). The van der Waals surface area contributed by atoms with Crippen molar-refractivity contribution in [1.82, 2.24) is 9.97 Å². The quantitative estimate of drug-likeness (QED) is 0.686. The van der Waals surface area contributed by atoms with Gasteiger partial charge in [-0.15, -0.1) is 0 Å². The molecule has 1 aromatic heterocycles. The van der Waals surface area contributed by atoms with E-state index in [-0.39, 0.29) is 17.2 Å². The van der Waals surface area contributed by atoms with E-state index in [1.54, 1.807) is 19.9 Å². The highest BCUT2D eigenvalue weighted by Crippen LogP contribution is 2.34. The van der Waals surface area contributed by atoms with Crippen molar-refractivity contribution in [3.05, 3.63) is 46.0 Å². The lowest BCUT2D eigenvalue weighted by atomic mass is 10.0. The molecule has 2 aromatic rings. The number of halogens is 1. The second kappa shape index (κ2) is 5.60. The summed E-state index contributed by atoms with van der Waals surface area (Å²) < 4.78 is 13.6. The number of nitro groups is 1. The Balaban J connectivity index is 2.70. The zero-order valence-electron chi connectivity index (χ0n) is 11.1. The van der Waals surface area contributed by atoms with Crippen molar-refractivity contribution in [3.8, 4) is 11.3 Å². The average molecular weight is 276 g/mol. The SMILES string of the molecule is CCNc1ncnc(-c2cccc(F)c2C)c1[N+](=O)[O-]. The maximum absolute atomic E-state index is 13.6.